The second-order valence-electron chi connectivity index (χ2n) is 5.80. The lowest BCUT2D eigenvalue weighted by atomic mass is 10.0. The van der Waals surface area contributed by atoms with Crippen LogP contribution in [0.25, 0.3) is 0 Å². The van der Waals surface area contributed by atoms with Crippen LogP contribution in [0.1, 0.15) is 94.2 Å². The van der Waals surface area contributed by atoms with Crippen molar-refractivity contribution in [1.29, 1.82) is 0 Å². The first kappa shape index (κ1) is 17.6. The Hall–Kier alpha value is -0.480. The zero-order valence-corrected chi connectivity index (χ0v) is 14.1. The molecule has 20 heavy (non-hydrogen) atoms. The summed E-state index contributed by atoms with van der Waals surface area (Å²) in [4.78, 5) is 1.17. The summed E-state index contributed by atoms with van der Waals surface area (Å²) in [6.45, 7) is 4.27. The van der Waals surface area contributed by atoms with E-state index in [0.29, 0.717) is 0 Å². The first-order valence-electron chi connectivity index (χ1n) is 8.30. The summed E-state index contributed by atoms with van der Waals surface area (Å²) < 4.78 is 3.95. The molecule has 0 aliphatic rings. The highest BCUT2D eigenvalue weighted by molar-refractivity contribution is 7.05. The van der Waals surface area contributed by atoms with Crippen LogP contribution in [0, 0.1) is 6.92 Å². The summed E-state index contributed by atoms with van der Waals surface area (Å²) in [6, 6.07) is 0.143. The van der Waals surface area contributed by atoms with Crippen molar-refractivity contribution < 1.29 is 0 Å². The molecule has 1 heterocycles. The average Bonchev–Trinajstić information content (AvgIpc) is 2.87. The minimum Gasteiger partial charge on any atom is -0.323 e. The van der Waals surface area contributed by atoms with Crippen molar-refractivity contribution >= 4 is 11.5 Å². The molecule has 0 spiro atoms. The third-order valence-electron chi connectivity index (χ3n) is 3.89. The molecule has 0 fully saturated rings. The van der Waals surface area contributed by atoms with Crippen LogP contribution in [0.2, 0.25) is 0 Å². The molecule has 3 nitrogen and oxygen atoms in total. The molecule has 0 radical (unpaired) electrons. The van der Waals surface area contributed by atoms with E-state index < -0.39 is 0 Å². The number of rotatable bonds is 12. The molecular weight excluding hydrogens is 266 g/mol. The van der Waals surface area contributed by atoms with Crippen molar-refractivity contribution in [3.63, 3.8) is 0 Å². The van der Waals surface area contributed by atoms with Gasteiger partial charge in [-0.2, -0.15) is 0 Å². The fraction of sp³-hybridized carbons (Fsp3) is 0.875. The first-order valence-corrected chi connectivity index (χ1v) is 9.07. The van der Waals surface area contributed by atoms with Crippen LogP contribution in [-0.4, -0.2) is 9.59 Å². The Balaban J connectivity index is 1.91. The monoisotopic (exact) mass is 297 g/mol. The molecule has 0 bridgehead atoms. The van der Waals surface area contributed by atoms with Crippen LogP contribution in [-0.2, 0) is 0 Å². The van der Waals surface area contributed by atoms with Crippen LogP contribution >= 0.6 is 11.5 Å². The molecule has 0 saturated heterocycles. The average molecular weight is 298 g/mol. The van der Waals surface area contributed by atoms with Gasteiger partial charge in [0.15, 0.2) is 0 Å². The molecule has 0 aliphatic carbocycles. The van der Waals surface area contributed by atoms with E-state index >= 15 is 0 Å². The molecule has 0 aromatic carbocycles. The third kappa shape index (κ3) is 7.34. The predicted octanol–water partition coefficient (Wildman–Crippen LogP) is 5.16. The van der Waals surface area contributed by atoms with Gasteiger partial charge in [-0.25, -0.2) is 0 Å². The number of aryl methyl sites for hydroxylation is 1. The van der Waals surface area contributed by atoms with E-state index in [9.17, 15) is 0 Å². The van der Waals surface area contributed by atoms with Crippen LogP contribution in [0.3, 0.4) is 0 Å². The number of nitrogens with zero attached hydrogens (tertiary/aromatic N) is 2. The van der Waals surface area contributed by atoms with Crippen LogP contribution in [0.5, 0.6) is 0 Å². The van der Waals surface area contributed by atoms with Crippen LogP contribution in [0.4, 0.5) is 0 Å². The Morgan fingerprint density at radius 3 is 2.00 bits per heavy atom. The maximum absolute atomic E-state index is 6.18. The number of hydrogen-bond donors (Lipinski definition) is 1. The van der Waals surface area contributed by atoms with Gasteiger partial charge < -0.3 is 5.73 Å². The number of nitrogens with two attached hydrogens (primary N) is 1. The number of unbranched alkanes of at least 4 members (excludes halogenated alkanes) is 9. The smallest absolute Gasteiger partial charge is 0.0772 e. The molecule has 1 aromatic rings. The molecule has 1 aromatic heterocycles. The zero-order valence-electron chi connectivity index (χ0n) is 13.2. The minimum atomic E-state index is 0.143. The van der Waals surface area contributed by atoms with Crippen molar-refractivity contribution in [1.82, 2.24) is 9.59 Å². The van der Waals surface area contributed by atoms with E-state index in [1.807, 2.05) is 6.92 Å². The molecule has 116 valence electrons. The Bertz CT molecular complexity index is 338. The van der Waals surface area contributed by atoms with Gasteiger partial charge >= 0.3 is 0 Å². The van der Waals surface area contributed by atoms with Gasteiger partial charge in [0, 0.05) is 6.04 Å². The highest BCUT2D eigenvalue weighted by Crippen LogP contribution is 2.22. The number of aromatic nitrogens is 2. The summed E-state index contributed by atoms with van der Waals surface area (Å²) in [6.07, 6.45) is 14.8. The standard InChI is InChI=1S/C16H31N3S/c1-3-4-5-6-7-8-9-10-11-12-13-15(17)16-14(2)18-19-20-16/h15H,3-13,17H2,1-2H3. The second-order valence-corrected chi connectivity index (χ2v) is 6.59. The van der Waals surface area contributed by atoms with Crippen LogP contribution in [0.15, 0.2) is 0 Å². The fourth-order valence-corrected chi connectivity index (χ4v) is 3.24. The van der Waals surface area contributed by atoms with E-state index in [0.717, 1.165) is 12.1 Å². The van der Waals surface area contributed by atoms with E-state index in [4.69, 9.17) is 5.73 Å². The van der Waals surface area contributed by atoms with Gasteiger partial charge in [-0.1, -0.05) is 75.6 Å². The Kier molecular flexibility index (Phi) is 9.85. The molecule has 0 aliphatic heterocycles. The summed E-state index contributed by atoms with van der Waals surface area (Å²) in [5.74, 6) is 0. The first-order chi connectivity index (χ1) is 9.75. The highest BCUT2D eigenvalue weighted by Gasteiger charge is 2.11. The molecule has 4 heteroatoms. The van der Waals surface area contributed by atoms with Crippen molar-refractivity contribution in [2.24, 2.45) is 5.73 Å². The van der Waals surface area contributed by atoms with Crippen LogP contribution < -0.4 is 5.73 Å². The van der Waals surface area contributed by atoms with Gasteiger partial charge in [-0.15, -0.1) is 5.10 Å². The summed E-state index contributed by atoms with van der Waals surface area (Å²) >= 11 is 1.45. The summed E-state index contributed by atoms with van der Waals surface area (Å²) in [5.41, 5.74) is 7.19. The van der Waals surface area contributed by atoms with Crippen molar-refractivity contribution in [3.8, 4) is 0 Å². The quantitative estimate of drug-likeness (QED) is 0.542. The normalized spacial score (nSPS) is 12.8. The second kappa shape index (κ2) is 11.2. The minimum absolute atomic E-state index is 0.143. The largest absolute Gasteiger partial charge is 0.323 e. The zero-order chi connectivity index (χ0) is 14.6. The SMILES string of the molecule is CCCCCCCCCCCCC(N)c1snnc1C. The third-order valence-corrected chi connectivity index (χ3v) is 4.85. The van der Waals surface area contributed by atoms with Gasteiger partial charge in [0.25, 0.3) is 0 Å². The molecule has 1 unspecified atom stereocenters. The fourth-order valence-electron chi connectivity index (χ4n) is 2.56. The lowest BCUT2D eigenvalue weighted by Gasteiger charge is -2.09. The van der Waals surface area contributed by atoms with E-state index in [-0.39, 0.29) is 6.04 Å². The molecule has 0 amide bonds. The van der Waals surface area contributed by atoms with Crippen molar-refractivity contribution in [2.45, 2.75) is 90.5 Å². The van der Waals surface area contributed by atoms with Gasteiger partial charge in [0.05, 0.1) is 10.6 Å². The Morgan fingerprint density at radius 1 is 0.950 bits per heavy atom. The summed E-state index contributed by atoms with van der Waals surface area (Å²) in [7, 11) is 0. The number of hydrogen-bond acceptors (Lipinski definition) is 4. The van der Waals surface area contributed by atoms with Gasteiger partial charge in [-0.05, 0) is 24.9 Å². The molecule has 1 atom stereocenters. The Labute approximate surface area is 128 Å². The maximum atomic E-state index is 6.18. The van der Waals surface area contributed by atoms with Crippen molar-refractivity contribution in [2.75, 3.05) is 0 Å². The van der Waals surface area contributed by atoms with Gasteiger partial charge in [0.2, 0.25) is 0 Å². The highest BCUT2D eigenvalue weighted by atomic mass is 32.1. The molecule has 1 rings (SSSR count). The molecule has 2 N–H and O–H groups in total. The topological polar surface area (TPSA) is 51.8 Å². The van der Waals surface area contributed by atoms with Gasteiger partial charge in [0.1, 0.15) is 0 Å². The maximum Gasteiger partial charge on any atom is 0.0772 e. The molecule has 0 saturated carbocycles. The van der Waals surface area contributed by atoms with E-state index in [1.165, 1.54) is 80.6 Å². The van der Waals surface area contributed by atoms with E-state index in [1.54, 1.807) is 0 Å². The molecular formula is C16H31N3S. The Morgan fingerprint density at radius 2 is 1.50 bits per heavy atom. The van der Waals surface area contributed by atoms with E-state index in [2.05, 4.69) is 16.5 Å². The van der Waals surface area contributed by atoms with Crippen molar-refractivity contribution in [3.05, 3.63) is 10.6 Å². The lowest BCUT2D eigenvalue weighted by molar-refractivity contribution is 0.530. The van der Waals surface area contributed by atoms with Gasteiger partial charge in [-0.3, -0.25) is 0 Å². The summed E-state index contributed by atoms with van der Waals surface area (Å²) in [5, 5.41) is 4.03. The predicted molar refractivity (Wildman–Crippen MR) is 88.0 cm³/mol. The lowest BCUT2D eigenvalue weighted by Crippen LogP contribution is -2.09.